The Morgan fingerprint density at radius 1 is 0.840 bits per heavy atom. The Labute approximate surface area is 147 Å². The van der Waals surface area contributed by atoms with Crippen LogP contribution in [0.3, 0.4) is 0 Å². The number of nitrogens with one attached hydrogen (secondary N) is 1. The molecule has 0 spiro atoms. The Hall–Kier alpha value is -3.51. The van der Waals surface area contributed by atoms with Crippen molar-refractivity contribution in [2.45, 2.75) is 0 Å². The van der Waals surface area contributed by atoms with Gasteiger partial charge in [0.1, 0.15) is 5.75 Å². The van der Waals surface area contributed by atoms with Gasteiger partial charge < -0.3 is 10.1 Å². The summed E-state index contributed by atoms with van der Waals surface area (Å²) in [4.78, 5) is 12.4. The van der Waals surface area contributed by atoms with Crippen molar-refractivity contribution in [3.63, 3.8) is 0 Å². The molecule has 3 aromatic rings. The number of methoxy groups -OCH3 is 1. The van der Waals surface area contributed by atoms with Gasteiger partial charge >= 0.3 is 0 Å². The number of ether oxygens (including phenoxy) is 1. The Morgan fingerprint density at radius 3 is 2.24 bits per heavy atom. The van der Waals surface area contributed by atoms with Crippen molar-refractivity contribution in [2.24, 2.45) is 0 Å². The van der Waals surface area contributed by atoms with Gasteiger partial charge in [-0.2, -0.15) is 0 Å². The maximum Gasteiger partial charge on any atom is 0.255 e. The van der Waals surface area contributed by atoms with Crippen molar-refractivity contribution in [1.29, 1.82) is 0 Å². The van der Waals surface area contributed by atoms with Gasteiger partial charge in [-0.15, -0.1) is 0 Å². The molecule has 3 rings (SSSR count). The van der Waals surface area contributed by atoms with Crippen LogP contribution in [0.5, 0.6) is 5.75 Å². The number of anilines is 1. The van der Waals surface area contributed by atoms with E-state index in [0.29, 0.717) is 11.3 Å². The largest absolute Gasteiger partial charge is 0.497 e. The van der Waals surface area contributed by atoms with Gasteiger partial charge in [0.05, 0.1) is 7.11 Å². The van der Waals surface area contributed by atoms with E-state index in [1.54, 1.807) is 43.5 Å². The van der Waals surface area contributed by atoms with Crippen LogP contribution in [0.15, 0.2) is 78.9 Å². The molecule has 0 bridgehead atoms. The fourth-order valence-corrected chi connectivity index (χ4v) is 2.28. The number of hydrogen-bond donors (Lipinski definition) is 1. The Kier molecular flexibility index (Phi) is 5.13. The summed E-state index contributed by atoms with van der Waals surface area (Å²) in [5, 5.41) is 2.87. The second kappa shape index (κ2) is 7.85. The lowest BCUT2D eigenvalue weighted by Gasteiger charge is -2.06. The molecule has 0 saturated heterocycles. The molecule has 0 radical (unpaired) electrons. The topological polar surface area (TPSA) is 38.3 Å². The zero-order valence-electron chi connectivity index (χ0n) is 13.8. The first kappa shape index (κ1) is 16.4. The zero-order chi connectivity index (χ0) is 17.5. The lowest BCUT2D eigenvalue weighted by Crippen LogP contribution is -2.11. The highest BCUT2D eigenvalue weighted by Gasteiger charge is 2.06. The van der Waals surface area contributed by atoms with E-state index in [4.69, 9.17) is 4.74 Å². The first-order valence-corrected chi connectivity index (χ1v) is 7.87. The quantitative estimate of drug-likeness (QED) is 0.726. The fourth-order valence-electron chi connectivity index (χ4n) is 2.28. The minimum absolute atomic E-state index is 0.173. The number of rotatable bonds is 3. The molecule has 0 aliphatic carbocycles. The normalized spacial score (nSPS) is 9.64. The van der Waals surface area contributed by atoms with Crippen LogP contribution in [0, 0.1) is 11.8 Å². The fraction of sp³-hybridized carbons (Fsp3) is 0.0455. The second-order valence-corrected chi connectivity index (χ2v) is 5.38. The van der Waals surface area contributed by atoms with Crippen LogP contribution < -0.4 is 10.1 Å². The van der Waals surface area contributed by atoms with Gasteiger partial charge in [0.25, 0.3) is 5.91 Å². The first-order chi connectivity index (χ1) is 12.2. The van der Waals surface area contributed by atoms with Crippen molar-refractivity contribution < 1.29 is 9.53 Å². The molecule has 1 amide bonds. The van der Waals surface area contributed by atoms with E-state index in [9.17, 15) is 4.79 Å². The average Bonchev–Trinajstić information content (AvgIpc) is 2.68. The third kappa shape index (κ3) is 4.49. The van der Waals surface area contributed by atoms with Crippen molar-refractivity contribution in [2.75, 3.05) is 12.4 Å². The molecule has 0 saturated carbocycles. The minimum atomic E-state index is -0.173. The van der Waals surface area contributed by atoms with Crippen LogP contribution in [0.4, 0.5) is 5.69 Å². The molecule has 3 aromatic carbocycles. The number of amides is 1. The van der Waals surface area contributed by atoms with Gasteiger partial charge in [-0.3, -0.25) is 4.79 Å². The smallest absolute Gasteiger partial charge is 0.255 e. The SMILES string of the molecule is COc1ccc(NC(=O)c2cccc(C#Cc3ccccc3)c2)cc1. The van der Waals surface area contributed by atoms with E-state index < -0.39 is 0 Å². The molecule has 0 atom stereocenters. The standard InChI is InChI=1S/C22H17NO2/c1-25-21-14-12-20(13-15-21)23-22(24)19-9-5-8-18(16-19)11-10-17-6-3-2-4-7-17/h2-9,12-16H,1H3,(H,23,24). The van der Waals surface area contributed by atoms with Gasteiger partial charge in [-0.25, -0.2) is 0 Å². The maximum atomic E-state index is 12.4. The lowest BCUT2D eigenvalue weighted by molar-refractivity contribution is 0.102. The van der Waals surface area contributed by atoms with E-state index in [1.807, 2.05) is 42.5 Å². The molecule has 0 fully saturated rings. The summed E-state index contributed by atoms with van der Waals surface area (Å²) >= 11 is 0. The van der Waals surface area contributed by atoms with Crippen LogP contribution >= 0.6 is 0 Å². The molecule has 3 nitrogen and oxygen atoms in total. The van der Waals surface area contributed by atoms with Crippen molar-refractivity contribution >= 4 is 11.6 Å². The lowest BCUT2D eigenvalue weighted by atomic mass is 10.1. The summed E-state index contributed by atoms with van der Waals surface area (Å²) < 4.78 is 5.11. The van der Waals surface area contributed by atoms with Gasteiger partial charge in [0.15, 0.2) is 0 Å². The average molecular weight is 327 g/mol. The van der Waals surface area contributed by atoms with Crippen molar-refractivity contribution in [1.82, 2.24) is 0 Å². The summed E-state index contributed by atoms with van der Waals surface area (Å²) in [7, 11) is 1.61. The van der Waals surface area contributed by atoms with Crippen LogP contribution in [-0.4, -0.2) is 13.0 Å². The highest BCUT2D eigenvalue weighted by Crippen LogP contribution is 2.16. The summed E-state index contributed by atoms with van der Waals surface area (Å²) in [6.07, 6.45) is 0. The minimum Gasteiger partial charge on any atom is -0.497 e. The molecular weight excluding hydrogens is 310 g/mol. The summed E-state index contributed by atoms with van der Waals surface area (Å²) in [6, 6.07) is 24.2. The van der Waals surface area contributed by atoms with Crippen LogP contribution in [-0.2, 0) is 0 Å². The second-order valence-electron chi connectivity index (χ2n) is 5.38. The van der Waals surface area contributed by atoms with E-state index in [0.717, 1.165) is 16.9 Å². The molecule has 25 heavy (non-hydrogen) atoms. The third-order valence-electron chi connectivity index (χ3n) is 3.60. The molecule has 0 unspecified atom stereocenters. The molecular formula is C22H17NO2. The molecule has 122 valence electrons. The molecule has 0 aliphatic heterocycles. The third-order valence-corrected chi connectivity index (χ3v) is 3.60. The predicted octanol–water partition coefficient (Wildman–Crippen LogP) is 4.35. The molecule has 0 aliphatic rings. The summed E-state index contributed by atoms with van der Waals surface area (Å²) in [5.74, 6) is 6.76. The molecule has 0 aromatic heterocycles. The molecule has 1 N–H and O–H groups in total. The van der Waals surface area contributed by atoms with Gasteiger partial charge in [0, 0.05) is 22.4 Å². The summed E-state index contributed by atoms with van der Waals surface area (Å²) in [5.41, 5.74) is 3.02. The number of carbonyl (C=O) groups excluding carboxylic acids is 1. The monoisotopic (exact) mass is 327 g/mol. The zero-order valence-corrected chi connectivity index (χ0v) is 13.8. The van der Waals surface area contributed by atoms with Crippen LogP contribution in [0.2, 0.25) is 0 Å². The Bertz CT molecular complexity index is 919. The van der Waals surface area contributed by atoms with Gasteiger partial charge in [0.2, 0.25) is 0 Å². The highest BCUT2D eigenvalue weighted by molar-refractivity contribution is 6.04. The van der Waals surface area contributed by atoms with Crippen molar-refractivity contribution in [3.8, 4) is 17.6 Å². The number of benzene rings is 3. The first-order valence-electron chi connectivity index (χ1n) is 7.87. The van der Waals surface area contributed by atoms with E-state index in [-0.39, 0.29) is 5.91 Å². The Balaban J connectivity index is 1.74. The van der Waals surface area contributed by atoms with Gasteiger partial charge in [-0.05, 0) is 54.6 Å². The van der Waals surface area contributed by atoms with E-state index >= 15 is 0 Å². The number of hydrogen-bond acceptors (Lipinski definition) is 2. The number of carbonyl (C=O) groups is 1. The van der Waals surface area contributed by atoms with Gasteiger partial charge in [-0.1, -0.05) is 36.1 Å². The predicted molar refractivity (Wildman–Crippen MR) is 99.8 cm³/mol. The molecule has 3 heteroatoms. The van der Waals surface area contributed by atoms with Crippen LogP contribution in [0.25, 0.3) is 0 Å². The van der Waals surface area contributed by atoms with Crippen molar-refractivity contribution in [3.05, 3.63) is 95.6 Å². The highest BCUT2D eigenvalue weighted by atomic mass is 16.5. The Morgan fingerprint density at radius 2 is 1.52 bits per heavy atom. The van der Waals surface area contributed by atoms with Crippen LogP contribution in [0.1, 0.15) is 21.5 Å². The van der Waals surface area contributed by atoms with E-state index in [1.165, 1.54) is 0 Å². The van der Waals surface area contributed by atoms with E-state index in [2.05, 4.69) is 17.2 Å². The maximum absolute atomic E-state index is 12.4. The summed E-state index contributed by atoms with van der Waals surface area (Å²) in [6.45, 7) is 0. The molecule has 0 heterocycles.